The summed E-state index contributed by atoms with van der Waals surface area (Å²) >= 11 is 0. The highest BCUT2D eigenvalue weighted by Crippen LogP contribution is 2.30. The minimum Gasteiger partial charge on any atom is -0.417 e. The fourth-order valence-corrected chi connectivity index (χ4v) is 18.2. The number of nitrogens with two attached hydrogens (primary N) is 1. The molecule has 6 nitrogen and oxygen atoms in total. The van der Waals surface area contributed by atoms with Crippen LogP contribution in [0.3, 0.4) is 0 Å². The molecule has 0 aromatic carbocycles. The molecule has 0 saturated heterocycles. The van der Waals surface area contributed by atoms with Crippen LogP contribution in [-0.4, -0.2) is 65.4 Å². The Labute approximate surface area is 133 Å². The highest BCUT2D eigenvalue weighted by Gasteiger charge is 2.56. The molecule has 2 atom stereocenters. The van der Waals surface area contributed by atoms with Crippen LogP contribution in [-0.2, 0) is 17.4 Å². The molecule has 0 aliphatic carbocycles. The van der Waals surface area contributed by atoms with E-state index in [0.29, 0.717) is 6.54 Å². The van der Waals surface area contributed by atoms with Gasteiger partial charge in [0, 0.05) is 34.4 Å². The van der Waals surface area contributed by atoms with Crippen LogP contribution in [0, 0.1) is 0 Å². The number of rotatable bonds is 12. The summed E-state index contributed by atoms with van der Waals surface area (Å²) in [5.74, 6) is 0. The van der Waals surface area contributed by atoms with E-state index in [1.54, 1.807) is 21.3 Å². The molecule has 2 unspecified atom stereocenters. The molecule has 0 radical (unpaired) electrons. The fraction of sp³-hybridized carbons (Fsp3) is 1.00. The lowest BCUT2D eigenvalue weighted by Crippen LogP contribution is -2.67. The van der Waals surface area contributed by atoms with E-state index in [0.717, 1.165) is 25.6 Å². The van der Waals surface area contributed by atoms with Crippen LogP contribution in [0.4, 0.5) is 0 Å². The van der Waals surface area contributed by atoms with Gasteiger partial charge in [-0.2, -0.15) is 0 Å². The Morgan fingerprint density at radius 1 is 0.905 bits per heavy atom. The van der Waals surface area contributed by atoms with Gasteiger partial charge in [0.25, 0.3) is 0 Å². The molecule has 21 heavy (non-hydrogen) atoms. The zero-order chi connectivity index (χ0) is 16.6. The van der Waals surface area contributed by atoms with E-state index in [4.69, 9.17) is 23.1 Å². The van der Waals surface area contributed by atoms with E-state index < -0.39 is 24.5 Å². The summed E-state index contributed by atoms with van der Waals surface area (Å²) in [5.41, 5.74) is 5.48. The predicted molar refractivity (Wildman–Crippen MR) is 94.2 cm³/mol. The van der Waals surface area contributed by atoms with E-state index >= 15 is 0 Å². The van der Waals surface area contributed by atoms with Crippen molar-refractivity contribution in [1.29, 1.82) is 0 Å². The van der Waals surface area contributed by atoms with Crippen molar-refractivity contribution in [2.24, 2.45) is 5.73 Å². The summed E-state index contributed by atoms with van der Waals surface area (Å²) in [6, 6.07) is 1.01. The molecule has 0 rings (SSSR count). The first-order chi connectivity index (χ1) is 9.70. The van der Waals surface area contributed by atoms with E-state index in [9.17, 15) is 0 Å². The minimum atomic E-state index is -2.40. The van der Waals surface area contributed by atoms with Gasteiger partial charge in [0.15, 0.2) is 0 Å². The van der Waals surface area contributed by atoms with Gasteiger partial charge in [-0.05, 0) is 45.2 Å². The van der Waals surface area contributed by atoms with Crippen molar-refractivity contribution in [3.63, 3.8) is 0 Å². The maximum atomic E-state index is 6.39. The van der Waals surface area contributed by atoms with Crippen LogP contribution in [0.2, 0.25) is 32.2 Å². The monoisotopic (exact) mass is 354 g/mol. The van der Waals surface area contributed by atoms with E-state index in [1.807, 2.05) is 13.1 Å². The zero-order valence-electron chi connectivity index (χ0n) is 14.7. The second-order valence-corrected chi connectivity index (χ2v) is 21.5. The minimum absolute atomic E-state index is 0.667. The molecular weight excluding hydrogens is 320 g/mol. The van der Waals surface area contributed by atoms with Crippen molar-refractivity contribution < 1.29 is 17.4 Å². The van der Waals surface area contributed by atoms with Gasteiger partial charge < -0.3 is 28.4 Å². The summed E-state index contributed by atoms with van der Waals surface area (Å²) in [5, 5.41) is 3.32. The molecule has 128 valence electrons. The third-order valence-electron chi connectivity index (χ3n) is 4.06. The number of hydrogen-bond donors (Lipinski definition) is 2. The Morgan fingerprint density at radius 2 is 1.52 bits per heavy atom. The van der Waals surface area contributed by atoms with Gasteiger partial charge in [-0.15, -0.1) is 0 Å². The first-order valence-corrected chi connectivity index (χ1v) is 16.2. The number of nitrogens with one attached hydrogen (secondary N) is 1. The fourth-order valence-electron chi connectivity index (χ4n) is 2.17. The van der Waals surface area contributed by atoms with Gasteiger partial charge in [-0.1, -0.05) is 0 Å². The first-order valence-electron chi connectivity index (χ1n) is 7.46. The van der Waals surface area contributed by atoms with Crippen LogP contribution < -0.4 is 11.1 Å². The summed E-state index contributed by atoms with van der Waals surface area (Å²) in [6.45, 7) is 10.9. The lowest BCUT2D eigenvalue weighted by Gasteiger charge is -2.43. The average Bonchev–Trinajstić information content (AvgIpc) is 2.46. The molecule has 0 aliphatic heterocycles. The largest absolute Gasteiger partial charge is 0.417 e. The molecular formula is C12H34N2O4Si3. The number of hydrogen-bond acceptors (Lipinski definition) is 6. The molecule has 9 heteroatoms. The lowest BCUT2D eigenvalue weighted by atomic mass is 10.5. The van der Waals surface area contributed by atoms with Crippen LogP contribution in [0.25, 0.3) is 0 Å². The van der Waals surface area contributed by atoms with Gasteiger partial charge >= 0.3 is 16.6 Å². The molecule has 0 fully saturated rings. The SMILES string of the molecule is CO[Si](C)(C)O[Si](C)(OC)[Si](C)(CCCNCCN)OC. The quantitative estimate of drug-likeness (QED) is 0.406. The maximum Gasteiger partial charge on any atom is 0.337 e. The maximum absolute atomic E-state index is 6.39. The van der Waals surface area contributed by atoms with Crippen LogP contribution in [0.1, 0.15) is 6.42 Å². The highest BCUT2D eigenvalue weighted by atomic mass is 29.3. The third kappa shape index (κ3) is 6.59. The van der Waals surface area contributed by atoms with Crippen molar-refractivity contribution in [3.8, 4) is 0 Å². The van der Waals surface area contributed by atoms with E-state index in [2.05, 4.69) is 18.4 Å². The molecule has 0 aromatic rings. The van der Waals surface area contributed by atoms with Gasteiger partial charge in [-0.25, -0.2) is 0 Å². The molecule has 0 aromatic heterocycles. The van der Waals surface area contributed by atoms with Gasteiger partial charge in [-0.3, -0.25) is 0 Å². The molecule has 0 bridgehead atoms. The van der Waals surface area contributed by atoms with Crippen molar-refractivity contribution >= 4 is 24.5 Å². The Bertz CT molecular complexity index is 300. The molecule has 3 N–H and O–H groups in total. The molecule has 0 amide bonds. The molecule has 0 heterocycles. The Morgan fingerprint density at radius 3 is 1.95 bits per heavy atom. The Kier molecular flexibility index (Phi) is 9.71. The van der Waals surface area contributed by atoms with Crippen molar-refractivity contribution in [1.82, 2.24) is 5.32 Å². The summed E-state index contributed by atoms with van der Waals surface area (Å²) < 4.78 is 23.8. The molecule has 0 spiro atoms. The van der Waals surface area contributed by atoms with Crippen molar-refractivity contribution in [2.45, 2.75) is 38.7 Å². The zero-order valence-corrected chi connectivity index (χ0v) is 17.7. The van der Waals surface area contributed by atoms with Gasteiger partial charge in [0.05, 0.1) is 0 Å². The normalized spacial score (nSPS) is 18.3. The van der Waals surface area contributed by atoms with E-state index in [1.165, 1.54) is 0 Å². The van der Waals surface area contributed by atoms with Crippen LogP contribution in [0.5, 0.6) is 0 Å². The van der Waals surface area contributed by atoms with Crippen LogP contribution >= 0.6 is 0 Å². The Hall–Kier alpha value is 0.411. The first kappa shape index (κ1) is 21.4. The molecule has 0 saturated carbocycles. The second-order valence-electron chi connectivity index (χ2n) is 5.93. The van der Waals surface area contributed by atoms with Gasteiger partial charge in [0.1, 0.15) is 0 Å². The smallest absolute Gasteiger partial charge is 0.337 e. The van der Waals surface area contributed by atoms with Crippen molar-refractivity contribution in [3.05, 3.63) is 0 Å². The second kappa shape index (κ2) is 9.53. The predicted octanol–water partition coefficient (Wildman–Crippen LogP) is 1.31. The van der Waals surface area contributed by atoms with Crippen LogP contribution in [0.15, 0.2) is 0 Å². The summed E-state index contributed by atoms with van der Waals surface area (Å²) in [7, 11) is -1.41. The highest BCUT2D eigenvalue weighted by molar-refractivity contribution is 7.35. The summed E-state index contributed by atoms with van der Waals surface area (Å²) in [4.78, 5) is 0. The topological polar surface area (TPSA) is 75.0 Å². The Balaban J connectivity index is 4.80. The standard InChI is InChI=1S/C12H34N2O4Si3/c1-15-19(4,5)18-21(7,17-3)20(6,16-2)12-8-10-14-11-9-13/h14H,8-13H2,1-7H3. The van der Waals surface area contributed by atoms with Gasteiger partial charge in [0.2, 0.25) is 7.83 Å². The van der Waals surface area contributed by atoms with E-state index in [-0.39, 0.29) is 0 Å². The summed E-state index contributed by atoms with van der Waals surface area (Å²) in [6.07, 6.45) is 1.04. The lowest BCUT2D eigenvalue weighted by molar-refractivity contribution is 0.249. The molecule has 0 aliphatic rings. The average molecular weight is 355 g/mol. The van der Waals surface area contributed by atoms with Crippen molar-refractivity contribution in [2.75, 3.05) is 41.0 Å². The third-order valence-corrected chi connectivity index (χ3v) is 22.1.